The second-order valence-electron chi connectivity index (χ2n) is 3.87. The minimum atomic E-state index is 0.194. The number of aryl methyl sites for hydroxylation is 2. The molecular weight excluding hydrogens is 304 g/mol. The van der Waals surface area contributed by atoms with Crippen LogP contribution in [0.4, 0.5) is 0 Å². The van der Waals surface area contributed by atoms with Gasteiger partial charge in [0.2, 0.25) is 0 Å². The number of hydrogen-bond acceptors (Lipinski definition) is 1. The van der Waals surface area contributed by atoms with Gasteiger partial charge in [-0.25, -0.2) is 0 Å². The molecule has 0 spiro atoms. The average Bonchev–Trinajstić information content (AvgIpc) is 2.60. The molecule has 1 heterocycles. The highest BCUT2D eigenvalue weighted by molar-refractivity contribution is 9.09. The zero-order valence-corrected chi connectivity index (χ0v) is 12.3. The van der Waals surface area contributed by atoms with Crippen molar-refractivity contribution in [2.24, 2.45) is 0 Å². The van der Waals surface area contributed by atoms with Crippen molar-refractivity contribution < 1.29 is 0 Å². The monoisotopic (exact) mass is 314 g/mol. The van der Waals surface area contributed by atoms with Gasteiger partial charge in [-0.2, -0.15) is 0 Å². The van der Waals surface area contributed by atoms with Crippen LogP contribution >= 0.6 is 38.9 Å². The van der Waals surface area contributed by atoms with Gasteiger partial charge >= 0.3 is 0 Å². The Bertz CT molecular complexity index is 487. The number of thiophene rings is 1. The van der Waals surface area contributed by atoms with E-state index in [1.165, 1.54) is 16.0 Å². The molecule has 0 amide bonds. The van der Waals surface area contributed by atoms with Gasteiger partial charge in [-0.3, -0.25) is 0 Å². The van der Waals surface area contributed by atoms with Gasteiger partial charge in [0.25, 0.3) is 0 Å². The summed E-state index contributed by atoms with van der Waals surface area (Å²) < 4.78 is 0. The molecule has 0 fully saturated rings. The van der Waals surface area contributed by atoms with Crippen LogP contribution in [0, 0.1) is 13.8 Å². The molecule has 2 aromatic rings. The second-order valence-corrected chi connectivity index (χ2v) is 6.08. The van der Waals surface area contributed by atoms with Gasteiger partial charge in [0.15, 0.2) is 0 Å². The van der Waals surface area contributed by atoms with Crippen molar-refractivity contribution in [3.05, 3.63) is 56.2 Å². The molecule has 3 heteroatoms. The fraction of sp³-hybridized carbons (Fsp3) is 0.231. The summed E-state index contributed by atoms with van der Waals surface area (Å²) >= 11 is 11.7. The van der Waals surface area contributed by atoms with E-state index in [4.69, 9.17) is 11.6 Å². The third kappa shape index (κ3) is 2.34. The lowest BCUT2D eigenvalue weighted by molar-refractivity contribution is 1.21. The Kier molecular flexibility index (Phi) is 3.73. The molecule has 1 aromatic heterocycles. The number of benzene rings is 1. The van der Waals surface area contributed by atoms with E-state index in [1.807, 2.05) is 6.92 Å². The first-order valence-corrected chi connectivity index (χ1v) is 7.21. The lowest BCUT2D eigenvalue weighted by atomic mass is 10.1. The molecule has 1 aromatic carbocycles. The van der Waals surface area contributed by atoms with Crippen LogP contribution in [-0.2, 0) is 0 Å². The number of hydrogen-bond donors (Lipinski definition) is 0. The van der Waals surface area contributed by atoms with Crippen molar-refractivity contribution in [1.82, 2.24) is 0 Å². The molecule has 0 saturated heterocycles. The Labute approximate surface area is 113 Å². The highest BCUT2D eigenvalue weighted by Gasteiger charge is 2.16. The van der Waals surface area contributed by atoms with Gasteiger partial charge < -0.3 is 0 Å². The predicted molar refractivity (Wildman–Crippen MR) is 76.0 cm³/mol. The molecule has 0 radical (unpaired) electrons. The number of halogens is 2. The van der Waals surface area contributed by atoms with Crippen molar-refractivity contribution in [3.8, 4) is 0 Å². The van der Waals surface area contributed by atoms with Gasteiger partial charge in [0, 0.05) is 4.88 Å². The van der Waals surface area contributed by atoms with Crippen LogP contribution in [-0.4, -0.2) is 0 Å². The summed E-state index contributed by atoms with van der Waals surface area (Å²) in [4.78, 5) is 1.38. The van der Waals surface area contributed by atoms with E-state index in [-0.39, 0.29) is 4.83 Å². The first-order valence-electron chi connectivity index (χ1n) is 5.03. The third-order valence-corrected chi connectivity index (χ3v) is 5.59. The number of rotatable bonds is 2. The Morgan fingerprint density at radius 3 is 2.31 bits per heavy atom. The van der Waals surface area contributed by atoms with E-state index in [1.54, 1.807) is 11.3 Å². The molecule has 0 aliphatic rings. The Morgan fingerprint density at radius 1 is 1.19 bits per heavy atom. The van der Waals surface area contributed by atoms with Crippen LogP contribution in [0.25, 0.3) is 0 Å². The Balaban J connectivity index is 2.35. The van der Waals surface area contributed by atoms with Crippen molar-refractivity contribution in [1.29, 1.82) is 0 Å². The van der Waals surface area contributed by atoms with Gasteiger partial charge in [-0.05, 0) is 30.4 Å². The molecule has 0 aliphatic heterocycles. The first kappa shape index (κ1) is 12.2. The summed E-state index contributed by atoms with van der Waals surface area (Å²) in [6.07, 6.45) is 0. The highest BCUT2D eigenvalue weighted by atomic mass is 79.9. The fourth-order valence-corrected chi connectivity index (χ4v) is 3.80. The summed E-state index contributed by atoms with van der Waals surface area (Å²) in [7, 11) is 0. The van der Waals surface area contributed by atoms with E-state index in [9.17, 15) is 0 Å². The van der Waals surface area contributed by atoms with Gasteiger partial charge in [0.1, 0.15) is 0 Å². The van der Waals surface area contributed by atoms with Crippen molar-refractivity contribution >= 4 is 38.9 Å². The summed E-state index contributed by atoms with van der Waals surface area (Å²) in [5.74, 6) is 0. The van der Waals surface area contributed by atoms with Gasteiger partial charge in [-0.1, -0.05) is 57.4 Å². The quantitative estimate of drug-likeness (QED) is 0.642. The molecule has 1 unspecified atom stereocenters. The topological polar surface area (TPSA) is 0 Å². The van der Waals surface area contributed by atoms with E-state index >= 15 is 0 Å². The molecule has 0 saturated carbocycles. The van der Waals surface area contributed by atoms with E-state index in [0.29, 0.717) is 0 Å². The molecule has 0 nitrogen and oxygen atoms in total. The van der Waals surface area contributed by atoms with Crippen molar-refractivity contribution in [3.63, 3.8) is 0 Å². The summed E-state index contributed by atoms with van der Waals surface area (Å²) in [5.41, 5.74) is 3.67. The normalized spacial score (nSPS) is 12.8. The maximum atomic E-state index is 6.27. The minimum Gasteiger partial charge on any atom is -0.145 e. The smallest absolute Gasteiger partial charge is 0.0753 e. The standard InChI is InChI=1S/C13H12BrClS/c1-8-3-5-10(6-4-8)11(14)13-12(15)9(2)7-16-13/h3-7,11H,1-2H3. The van der Waals surface area contributed by atoms with Crippen LogP contribution < -0.4 is 0 Å². The zero-order valence-electron chi connectivity index (χ0n) is 9.13. The molecule has 84 valence electrons. The Morgan fingerprint density at radius 2 is 1.81 bits per heavy atom. The van der Waals surface area contributed by atoms with Crippen molar-refractivity contribution in [2.45, 2.75) is 18.7 Å². The molecular formula is C13H12BrClS. The first-order chi connectivity index (χ1) is 7.59. The summed E-state index contributed by atoms with van der Waals surface area (Å²) in [5, 5.41) is 2.98. The maximum Gasteiger partial charge on any atom is 0.0753 e. The zero-order chi connectivity index (χ0) is 11.7. The van der Waals surface area contributed by atoms with Gasteiger partial charge in [-0.15, -0.1) is 11.3 Å². The highest BCUT2D eigenvalue weighted by Crippen LogP contribution is 2.40. The lowest BCUT2D eigenvalue weighted by Crippen LogP contribution is -1.90. The van der Waals surface area contributed by atoms with Crippen molar-refractivity contribution in [2.75, 3.05) is 0 Å². The van der Waals surface area contributed by atoms with Crippen LogP contribution in [0.5, 0.6) is 0 Å². The Hall–Kier alpha value is -0.310. The summed E-state index contributed by atoms with van der Waals surface area (Å²) in [6, 6.07) is 8.52. The molecule has 16 heavy (non-hydrogen) atoms. The minimum absolute atomic E-state index is 0.194. The third-order valence-electron chi connectivity index (χ3n) is 2.53. The van der Waals surface area contributed by atoms with E-state index in [0.717, 1.165) is 10.6 Å². The second kappa shape index (κ2) is 4.91. The SMILES string of the molecule is Cc1ccc(C(Br)c2scc(C)c2Cl)cc1. The molecule has 0 N–H and O–H groups in total. The van der Waals surface area contributed by atoms with Crippen LogP contribution in [0.2, 0.25) is 5.02 Å². The number of alkyl halides is 1. The lowest BCUT2D eigenvalue weighted by Gasteiger charge is -2.09. The van der Waals surface area contributed by atoms with Crippen LogP contribution in [0.3, 0.4) is 0 Å². The van der Waals surface area contributed by atoms with E-state index < -0.39 is 0 Å². The van der Waals surface area contributed by atoms with E-state index in [2.05, 4.69) is 52.5 Å². The average molecular weight is 316 g/mol. The molecule has 0 aliphatic carbocycles. The van der Waals surface area contributed by atoms with Crippen LogP contribution in [0.15, 0.2) is 29.6 Å². The maximum absolute atomic E-state index is 6.27. The van der Waals surface area contributed by atoms with Gasteiger partial charge in [0.05, 0.1) is 9.85 Å². The predicted octanol–water partition coefficient (Wildman–Crippen LogP) is 5.50. The molecule has 0 bridgehead atoms. The molecule has 1 atom stereocenters. The summed E-state index contributed by atoms with van der Waals surface area (Å²) in [6.45, 7) is 4.13. The largest absolute Gasteiger partial charge is 0.145 e. The van der Waals surface area contributed by atoms with Crippen LogP contribution in [0.1, 0.15) is 26.4 Å². The molecule has 2 rings (SSSR count). The fourth-order valence-electron chi connectivity index (χ4n) is 1.51.